The Morgan fingerprint density at radius 3 is 2.59 bits per heavy atom. The fourth-order valence-electron chi connectivity index (χ4n) is 9.53. The maximum absolute atomic E-state index is 14.1. The molecule has 0 amide bonds. The van der Waals surface area contributed by atoms with E-state index in [0.717, 1.165) is 52.8 Å². The Hall–Kier alpha value is -4.44. The summed E-state index contributed by atoms with van der Waals surface area (Å²) in [7, 11) is 3.41. The molecule has 5 atom stereocenters. The van der Waals surface area contributed by atoms with Crippen LogP contribution in [0.15, 0.2) is 89.3 Å². The summed E-state index contributed by atoms with van der Waals surface area (Å²) in [6.07, 6.45) is 15.9. The van der Waals surface area contributed by atoms with E-state index in [2.05, 4.69) is 42.8 Å². The molecule has 9 nitrogen and oxygen atoms in total. The zero-order chi connectivity index (χ0) is 44.5. The minimum atomic E-state index is -0.777. The molecule has 8 bridgehead atoms. The third-order valence-corrected chi connectivity index (χ3v) is 15.7. The molecule has 1 fully saturated rings. The fourth-order valence-corrected chi connectivity index (χ4v) is 12.0. The van der Waals surface area contributed by atoms with Gasteiger partial charge in [-0.2, -0.15) is 0 Å². The van der Waals surface area contributed by atoms with E-state index in [1.165, 1.54) is 25.7 Å². The van der Waals surface area contributed by atoms with Crippen molar-refractivity contribution in [2.45, 2.75) is 121 Å². The first-order chi connectivity index (χ1) is 30.4. The molecule has 2 aliphatic carbocycles. The quantitative estimate of drug-likeness (QED) is 0.0635. The predicted molar refractivity (Wildman–Crippen MR) is 254 cm³/mol. The second-order valence-electron chi connectivity index (χ2n) is 18.0. The van der Waals surface area contributed by atoms with Crippen LogP contribution in [-0.2, 0) is 23.4 Å². The number of carbonyl (C=O) groups excluding carboxylic acids is 1. The number of phenolic OH excluding ortho intramolecular Hbond substituents is 2. The summed E-state index contributed by atoms with van der Waals surface area (Å²) in [5.41, 5.74) is 19.3. The van der Waals surface area contributed by atoms with Crippen LogP contribution in [0.25, 0.3) is 0 Å². The van der Waals surface area contributed by atoms with Gasteiger partial charge in [-0.05, 0) is 126 Å². The molecule has 2 heterocycles. The van der Waals surface area contributed by atoms with E-state index in [4.69, 9.17) is 16.2 Å². The van der Waals surface area contributed by atoms with Gasteiger partial charge in [-0.15, -0.1) is 5.76 Å². The summed E-state index contributed by atoms with van der Waals surface area (Å²) < 4.78 is 6.14. The highest BCUT2D eigenvalue weighted by Gasteiger charge is 2.43. The Kier molecular flexibility index (Phi) is 15.9. The zero-order valence-corrected chi connectivity index (χ0v) is 38.2. The van der Waals surface area contributed by atoms with E-state index in [0.29, 0.717) is 71.9 Å². The Morgan fingerprint density at radius 1 is 0.968 bits per heavy atom. The average molecular weight is 889 g/mol. The van der Waals surface area contributed by atoms with E-state index in [-0.39, 0.29) is 47.4 Å². The van der Waals surface area contributed by atoms with Crippen molar-refractivity contribution in [3.63, 3.8) is 0 Å². The van der Waals surface area contributed by atoms with E-state index in [1.807, 2.05) is 24.3 Å². The number of fused-ring (bicyclic) bond motifs is 9. The number of benzene rings is 3. The molecule has 0 radical (unpaired) electrons. The molecular formula is C52H62N3O6S2-. The number of aromatic hydroxyl groups is 2. The molecule has 0 aromatic heterocycles. The Bertz CT molecular complexity index is 2330. The number of hydrogen-bond donors (Lipinski definition) is 5. The number of ether oxygens (including phenoxy) is 1. The van der Waals surface area contributed by atoms with Gasteiger partial charge in [0.15, 0.2) is 17.3 Å². The maximum Gasteiger partial charge on any atom is 0.161 e. The number of aryl methyl sites for hydroxylation is 1. The van der Waals surface area contributed by atoms with Crippen LogP contribution in [0, 0.1) is 29.1 Å². The second-order valence-corrected chi connectivity index (χ2v) is 20.5. The van der Waals surface area contributed by atoms with Crippen LogP contribution in [0.3, 0.4) is 0 Å². The minimum Gasteiger partial charge on any atom is -0.875 e. The average Bonchev–Trinajstić information content (AvgIpc) is 3.87. The molecule has 7 rings (SSSR count). The summed E-state index contributed by atoms with van der Waals surface area (Å²) >= 11 is 0. The molecule has 7 N–H and O–H groups in total. The number of nitrogens with zero attached hydrogens (tertiary/aromatic N) is 1. The number of unbranched alkanes of at least 4 members (excludes halogenated alkanes) is 2. The number of ketones is 1. The monoisotopic (exact) mass is 888 g/mol. The molecule has 0 spiro atoms. The smallest absolute Gasteiger partial charge is 0.161 e. The topological polar surface area (TPSA) is 174 Å². The summed E-state index contributed by atoms with van der Waals surface area (Å²) in [6, 6.07) is 14.6. The summed E-state index contributed by atoms with van der Waals surface area (Å²) in [5, 5.41) is 48.0. The van der Waals surface area contributed by atoms with Crippen LogP contribution < -0.4 is 21.3 Å². The summed E-state index contributed by atoms with van der Waals surface area (Å²) in [5.74, 6) is 8.32. The van der Waals surface area contributed by atoms with Crippen molar-refractivity contribution in [1.29, 1.82) is 0 Å². The van der Waals surface area contributed by atoms with Gasteiger partial charge in [0.2, 0.25) is 0 Å². The Labute approximate surface area is 381 Å². The van der Waals surface area contributed by atoms with Crippen molar-refractivity contribution in [2.24, 2.45) is 33.7 Å². The number of hydrogen-bond acceptors (Lipinski definition) is 11. The highest BCUT2D eigenvalue weighted by atomic mass is 33.1. The predicted octanol–water partition coefficient (Wildman–Crippen LogP) is 9.20. The van der Waals surface area contributed by atoms with Gasteiger partial charge >= 0.3 is 0 Å². The number of aliphatic hydroxyl groups excluding tert-OH is 1. The van der Waals surface area contributed by atoms with Gasteiger partial charge in [0, 0.05) is 47.6 Å². The van der Waals surface area contributed by atoms with E-state index in [1.54, 1.807) is 58.1 Å². The van der Waals surface area contributed by atoms with Gasteiger partial charge in [0.05, 0.1) is 31.0 Å². The first-order valence-corrected chi connectivity index (χ1v) is 25.1. The number of aliphatic hydroxyl groups is 1. The summed E-state index contributed by atoms with van der Waals surface area (Å²) in [4.78, 5) is 17.9. The molecule has 334 valence electrons. The number of allylic oxidation sites excluding steroid dienone is 5. The van der Waals surface area contributed by atoms with Crippen molar-refractivity contribution in [1.82, 2.24) is 0 Å². The second kappa shape index (κ2) is 21.5. The maximum atomic E-state index is 14.1. The number of aliphatic imine (C=N–C) groups is 1. The van der Waals surface area contributed by atoms with Gasteiger partial charge in [0.25, 0.3) is 0 Å². The molecule has 2 aliphatic heterocycles. The molecule has 0 saturated heterocycles. The van der Waals surface area contributed by atoms with Crippen LogP contribution in [0.4, 0.5) is 0 Å². The first kappa shape index (κ1) is 46.5. The van der Waals surface area contributed by atoms with Crippen LogP contribution in [-0.4, -0.2) is 45.3 Å². The highest BCUT2D eigenvalue weighted by Crippen LogP contribution is 2.50. The SMILES string of the molecule is CCCCC[C@H](C)CC[C@@]12/C=C\C(=O)CCc3ccc(O)c(c3)OCCc3ccc(O)c(c3)[C@@H]3CC([O-])=C4C=CN=C4CC#Cc4cc(C(N)N)c(cc43)CSSC[C@H](C1)[C@@H](O)C2. The standard InChI is InChI=1S/C52H63N3O6S2/c1-3-4-5-7-33(2)16-20-52-21-17-39(56)13-10-34-12-15-47(58)50(25-34)61-23-19-35-11-14-46(57)44(24-35)43-28-48(59)40-18-22-55-45(40)9-6-8-36-26-42(51(53)54)37(27-41(36)43)31-62-63-32-38(29-52)49(60)30-52/h11-12,14-15,17-18,21-22,24-27,33,38,43,49,51,57-60H,3-5,7,9-10,13,16,19-20,23,28-32,53-54H2,1-2H3/p-1/b21-17-,48-40?/t33-,38-,43+,49-,52+/m0/s1. The van der Waals surface area contributed by atoms with Crippen LogP contribution in [0.1, 0.15) is 136 Å². The molecule has 4 aliphatic rings. The zero-order valence-electron chi connectivity index (χ0n) is 36.6. The number of carbonyl (C=O) groups is 1. The van der Waals surface area contributed by atoms with Gasteiger partial charge in [-0.3, -0.25) is 9.79 Å². The van der Waals surface area contributed by atoms with Crippen molar-refractivity contribution in [3.8, 4) is 29.1 Å². The van der Waals surface area contributed by atoms with Crippen molar-refractivity contribution < 1.29 is 30.0 Å². The minimum absolute atomic E-state index is 0.0109. The van der Waals surface area contributed by atoms with E-state index in [9.17, 15) is 25.2 Å². The van der Waals surface area contributed by atoms with Crippen molar-refractivity contribution in [3.05, 3.63) is 123 Å². The van der Waals surface area contributed by atoms with Gasteiger partial charge in [-0.1, -0.05) is 103 Å². The lowest BCUT2D eigenvalue weighted by Gasteiger charge is -2.28. The first-order valence-electron chi connectivity index (χ1n) is 22.6. The van der Waals surface area contributed by atoms with Crippen LogP contribution in [0.2, 0.25) is 0 Å². The Balaban J connectivity index is 1.24. The number of phenols is 2. The molecule has 11 heteroatoms. The Morgan fingerprint density at radius 2 is 1.78 bits per heavy atom. The molecule has 1 saturated carbocycles. The molecule has 0 unspecified atom stereocenters. The number of nitrogens with two attached hydrogens (primary N) is 2. The molecule has 3 aromatic rings. The third kappa shape index (κ3) is 11.8. The van der Waals surface area contributed by atoms with E-state index < -0.39 is 18.2 Å². The van der Waals surface area contributed by atoms with Gasteiger partial charge in [0.1, 0.15) is 5.75 Å². The summed E-state index contributed by atoms with van der Waals surface area (Å²) in [6.45, 7) is 4.79. The normalized spacial score (nSPS) is 24.0. The molecule has 63 heavy (non-hydrogen) atoms. The largest absolute Gasteiger partial charge is 0.875 e. The van der Waals surface area contributed by atoms with Crippen molar-refractivity contribution >= 4 is 33.1 Å². The molecular weight excluding hydrogens is 827 g/mol. The molecule has 3 aromatic carbocycles. The lowest BCUT2D eigenvalue weighted by atomic mass is 9.77. The lowest BCUT2D eigenvalue weighted by Crippen LogP contribution is -2.23. The van der Waals surface area contributed by atoms with Gasteiger partial charge in [-0.25, -0.2) is 0 Å². The van der Waals surface area contributed by atoms with E-state index >= 15 is 0 Å². The lowest BCUT2D eigenvalue weighted by molar-refractivity contribution is -0.307. The highest BCUT2D eigenvalue weighted by molar-refractivity contribution is 8.76. The fraction of sp³-hybridized carbons (Fsp3) is 0.462. The number of rotatable bonds is 8. The van der Waals surface area contributed by atoms with Crippen LogP contribution >= 0.6 is 21.6 Å². The van der Waals surface area contributed by atoms with Crippen molar-refractivity contribution in [2.75, 3.05) is 12.4 Å². The third-order valence-electron chi connectivity index (χ3n) is 13.3. The van der Waals surface area contributed by atoms with Gasteiger partial charge < -0.3 is 36.6 Å². The van der Waals surface area contributed by atoms with Crippen LogP contribution in [0.5, 0.6) is 17.2 Å².